The van der Waals surface area contributed by atoms with E-state index in [9.17, 15) is 4.79 Å². The summed E-state index contributed by atoms with van der Waals surface area (Å²) >= 11 is 5.62. The molecule has 0 saturated carbocycles. The van der Waals surface area contributed by atoms with Crippen molar-refractivity contribution in [2.45, 2.75) is 6.92 Å². The van der Waals surface area contributed by atoms with Gasteiger partial charge >= 0.3 is 0 Å². The third kappa shape index (κ3) is 3.97. The van der Waals surface area contributed by atoms with Crippen LogP contribution in [0.1, 0.15) is 15.9 Å². The van der Waals surface area contributed by atoms with Gasteiger partial charge in [-0.3, -0.25) is 4.79 Å². The smallest absolute Gasteiger partial charge is 0.256 e. The molecule has 2 aromatic rings. The lowest BCUT2D eigenvalue weighted by molar-refractivity contribution is 0.102. The van der Waals surface area contributed by atoms with Gasteiger partial charge in [-0.15, -0.1) is 0 Å². The first-order chi connectivity index (χ1) is 9.88. The molecule has 0 saturated heterocycles. The third-order valence-electron chi connectivity index (χ3n) is 3.15. The van der Waals surface area contributed by atoms with E-state index < -0.39 is 0 Å². The molecule has 2 aromatic carbocycles. The minimum absolute atomic E-state index is 0.110. The van der Waals surface area contributed by atoms with Gasteiger partial charge in [-0.25, -0.2) is 0 Å². The van der Waals surface area contributed by atoms with Crippen LogP contribution in [-0.2, 0) is 0 Å². The van der Waals surface area contributed by atoms with Crippen LogP contribution in [0.2, 0.25) is 0 Å². The zero-order valence-corrected chi connectivity index (χ0v) is 15.8. The Morgan fingerprint density at radius 2 is 1.90 bits per heavy atom. The van der Waals surface area contributed by atoms with Crippen LogP contribution < -0.4 is 10.2 Å². The van der Waals surface area contributed by atoms with Crippen LogP contribution in [0, 0.1) is 10.5 Å². The molecule has 0 aromatic heterocycles. The van der Waals surface area contributed by atoms with E-state index in [2.05, 4.69) is 49.9 Å². The van der Waals surface area contributed by atoms with Crippen LogP contribution in [-0.4, -0.2) is 20.0 Å². The fourth-order valence-corrected chi connectivity index (χ4v) is 2.85. The van der Waals surface area contributed by atoms with Gasteiger partial charge in [-0.1, -0.05) is 0 Å². The first-order valence-electron chi connectivity index (χ1n) is 6.43. The molecule has 0 bridgehead atoms. The lowest BCUT2D eigenvalue weighted by Crippen LogP contribution is -2.14. The molecule has 1 N–H and O–H groups in total. The number of aryl methyl sites for hydroxylation is 1. The molecule has 5 heteroatoms. The van der Waals surface area contributed by atoms with Gasteiger partial charge in [0.1, 0.15) is 0 Å². The number of carbonyl (C=O) groups excluding carboxylic acids is 1. The summed E-state index contributed by atoms with van der Waals surface area (Å²) in [6.45, 7) is 1.99. The summed E-state index contributed by atoms with van der Waals surface area (Å²) in [6, 6.07) is 11.7. The van der Waals surface area contributed by atoms with Crippen molar-refractivity contribution in [3.05, 3.63) is 55.6 Å². The maximum Gasteiger partial charge on any atom is 0.256 e. The molecule has 0 spiro atoms. The van der Waals surface area contributed by atoms with Crippen molar-refractivity contribution < 1.29 is 4.79 Å². The Kier molecular flexibility index (Phi) is 5.27. The summed E-state index contributed by atoms with van der Waals surface area (Å²) in [5.74, 6) is -0.110. The van der Waals surface area contributed by atoms with E-state index in [1.807, 2.05) is 56.3 Å². The molecular weight excluding hydrogens is 443 g/mol. The Hall–Kier alpha value is -1.08. The second-order valence-corrected chi connectivity index (χ2v) is 7.07. The van der Waals surface area contributed by atoms with Crippen LogP contribution in [0.4, 0.5) is 11.4 Å². The lowest BCUT2D eigenvalue weighted by atomic mass is 10.1. The highest BCUT2D eigenvalue weighted by molar-refractivity contribution is 14.1. The molecule has 110 valence electrons. The number of nitrogens with one attached hydrogen (secondary N) is 1. The number of carbonyl (C=O) groups is 1. The molecule has 0 unspecified atom stereocenters. The SMILES string of the molecule is Cc1cc(N(C)C)ccc1NC(=O)c1cc(I)ccc1Br. The standard InChI is InChI=1S/C16H16BrIN2O/c1-10-8-12(20(2)3)5-7-15(10)19-16(21)13-9-11(18)4-6-14(13)17/h4-9H,1-3H3,(H,19,21). The predicted octanol–water partition coefficient (Wildman–Crippen LogP) is 4.68. The normalized spacial score (nSPS) is 10.3. The maximum absolute atomic E-state index is 12.4. The zero-order chi connectivity index (χ0) is 15.6. The van der Waals surface area contributed by atoms with Crippen LogP contribution in [0.25, 0.3) is 0 Å². The molecule has 0 atom stereocenters. The van der Waals surface area contributed by atoms with Gasteiger partial charge in [0.15, 0.2) is 0 Å². The van der Waals surface area contributed by atoms with E-state index in [0.717, 1.165) is 25.0 Å². The van der Waals surface area contributed by atoms with E-state index in [1.165, 1.54) is 0 Å². The van der Waals surface area contributed by atoms with Crippen molar-refractivity contribution in [2.75, 3.05) is 24.3 Å². The molecular formula is C16H16BrIN2O. The Morgan fingerprint density at radius 1 is 1.19 bits per heavy atom. The summed E-state index contributed by atoms with van der Waals surface area (Å²) in [5.41, 5.74) is 3.62. The highest BCUT2D eigenvalue weighted by Gasteiger charge is 2.12. The number of hydrogen-bond donors (Lipinski definition) is 1. The second-order valence-electron chi connectivity index (χ2n) is 4.97. The largest absolute Gasteiger partial charge is 0.378 e. The molecule has 0 aliphatic heterocycles. The molecule has 3 nitrogen and oxygen atoms in total. The Balaban J connectivity index is 2.25. The van der Waals surface area contributed by atoms with Gasteiger partial charge in [-0.2, -0.15) is 0 Å². The van der Waals surface area contributed by atoms with Crippen molar-refractivity contribution in [2.24, 2.45) is 0 Å². The highest BCUT2D eigenvalue weighted by atomic mass is 127. The predicted molar refractivity (Wildman–Crippen MR) is 100 cm³/mol. The molecule has 0 heterocycles. The van der Waals surface area contributed by atoms with Crippen molar-refractivity contribution in [1.82, 2.24) is 0 Å². The average molecular weight is 459 g/mol. The van der Waals surface area contributed by atoms with Crippen LogP contribution >= 0.6 is 38.5 Å². The Morgan fingerprint density at radius 3 is 2.52 bits per heavy atom. The number of anilines is 2. The third-order valence-corrected chi connectivity index (χ3v) is 4.51. The minimum Gasteiger partial charge on any atom is -0.378 e. The van der Waals surface area contributed by atoms with Crippen molar-refractivity contribution in [3.63, 3.8) is 0 Å². The summed E-state index contributed by atoms with van der Waals surface area (Å²) in [4.78, 5) is 14.4. The molecule has 0 aliphatic rings. The molecule has 2 rings (SSSR count). The summed E-state index contributed by atoms with van der Waals surface area (Å²) in [6.07, 6.45) is 0. The van der Waals surface area contributed by atoms with E-state index in [0.29, 0.717) is 5.56 Å². The number of rotatable bonds is 3. The van der Waals surface area contributed by atoms with Crippen molar-refractivity contribution in [3.8, 4) is 0 Å². The molecule has 21 heavy (non-hydrogen) atoms. The monoisotopic (exact) mass is 458 g/mol. The van der Waals surface area contributed by atoms with E-state index in [4.69, 9.17) is 0 Å². The van der Waals surface area contributed by atoms with Gasteiger partial charge in [0.25, 0.3) is 5.91 Å². The van der Waals surface area contributed by atoms with Gasteiger partial charge < -0.3 is 10.2 Å². The minimum atomic E-state index is -0.110. The average Bonchev–Trinajstić information content (AvgIpc) is 2.43. The van der Waals surface area contributed by atoms with Crippen LogP contribution in [0.5, 0.6) is 0 Å². The number of benzene rings is 2. The second kappa shape index (κ2) is 6.79. The summed E-state index contributed by atoms with van der Waals surface area (Å²) in [7, 11) is 3.99. The number of hydrogen-bond acceptors (Lipinski definition) is 2. The quantitative estimate of drug-likeness (QED) is 0.677. The first-order valence-corrected chi connectivity index (χ1v) is 8.30. The Bertz CT molecular complexity index is 686. The number of amides is 1. The van der Waals surface area contributed by atoms with E-state index >= 15 is 0 Å². The molecule has 0 aliphatic carbocycles. The van der Waals surface area contributed by atoms with Gasteiger partial charge in [-0.05, 0) is 87.4 Å². The van der Waals surface area contributed by atoms with Gasteiger partial charge in [0.05, 0.1) is 5.56 Å². The topological polar surface area (TPSA) is 32.3 Å². The number of halogens is 2. The maximum atomic E-state index is 12.4. The number of nitrogens with zero attached hydrogens (tertiary/aromatic N) is 1. The van der Waals surface area contributed by atoms with E-state index in [1.54, 1.807) is 0 Å². The Labute approximate surface area is 147 Å². The van der Waals surface area contributed by atoms with Crippen LogP contribution in [0.3, 0.4) is 0 Å². The van der Waals surface area contributed by atoms with Crippen LogP contribution in [0.15, 0.2) is 40.9 Å². The molecule has 1 amide bonds. The highest BCUT2D eigenvalue weighted by Crippen LogP contribution is 2.24. The first kappa shape index (κ1) is 16.3. The molecule has 0 radical (unpaired) electrons. The molecule has 0 fully saturated rings. The van der Waals surface area contributed by atoms with Gasteiger partial charge in [0.2, 0.25) is 0 Å². The summed E-state index contributed by atoms with van der Waals surface area (Å²) < 4.78 is 1.82. The summed E-state index contributed by atoms with van der Waals surface area (Å²) in [5, 5.41) is 2.97. The fraction of sp³-hybridized carbons (Fsp3) is 0.188. The lowest BCUT2D eigenvalue weighted by Gasteiger charge is -2.16. The van der Waals surface area contributed by atoms with Crippen molar-refractivity contribution >= 4 is 55.8 Å². The fourth-order valence-electron chi connectivity index (χ4n) is 1.93. The van der Waals surface area contributed by atoms with Gasteiger partial charge in [0, 0.05) is 33.5 Å². The van der Waals surface area contributed by atoms with E-state index in [-0.39, 0.29) is 5.91 Å². The van der Waals surface area contributed by atoms with Crippen molar-refractivity contribution in [1.29, 1.82) is 0 Å². The zero-order valence-electron chi connectivity index (χ0n) is 12.1.